The predicted octanol–water partition coefficient (Wildman–Crippen LogP) is 1.94. The molecule has 0 aliphatic heterocycles. The van der Waals surface area contributed by atoms with E-state index in [1.165, 1.54) is 24.3 Å². The molecule has 0 saturated heterocycles. The molecule has 0 aliphatic carbocycles. The lowest BCUT2D eigenvalue weighted by atomic mass is 10.0. The maximum absolute atomic E-state index is 12.7. The van der Waals surface area contributed by atoms with E-state index >= 15 is 0 Å². The number of aliphatic hydroxyl groups excluding tert-OH is 1. The zero-order valence-corrected chi connectivity index (χ0v) is 6.87. The maximum Gasteiger partial charge on any atom is 0.123 e. The van der Waals surface area contributed by atoms with Crippen LogP contribution in [0.5, 0.6) is 0 Å². The molecule has 66 valence electrons. The van der Waals surface area contributed by atoms with Crippen LogP contribution in [0.15, 0.2) is 36.4 Å². The fourth-order valence-corrected chi connectivity index (χ4v) is 0.939. The van der Waals surface area contributed by atoms with Crippen LogP contribution < -0.4 is 0 Å². The summed E-state index contributed by atoms with van der Waals surface area (Å²) in [6.07, 6.45) is -1.11. The molecule has 13 heavy (non-hydrogen) atoms. The summed E-state index contributed by atoms with van der Waals surface area (Å²) in [7, 11) is 0. The summed E-state index contributed by atoms with van der Waals surface area (Å²) in [6.45, 7) is 3.35. The SMILES string of the molecule is C=C(C#N)C(O)c1cccc(F)c1. The van der Waals surface area contributed by atoms with Gasteiger partial charge in [-0.2, -0.15) is 5.26 Å². The zero-order chi connectivity index (χ0) is 9.84. The van der Waals surface area contributed by atoms with Crippen molar-refractivity contribution >= 4 is 0 Å². The second-order valence-corrected chi connectivity index (χ2v) is 2.59. The first kappa shape index (κ1) is 9.43. The lowest BCUT2D eigenvalue weighted by Crippen LogP contribution is -1.99. The number of hydrogen-bond donors (Lipinski definition) is 1. The van der Waals surface area contributed by atoms with Gasteiger partial charge >= 0.3 is 0 Å². The molecule has 0 amide bonds. The third-order valence-electron chi connectivity index (χ3n) is 1.64. The molecule has 0 bridgehead atoms. The van der Waals surface area contributed by atoms with E-state index in [9.17, 15) is 9.50 Å². The quantitative estimate of drug-likeness (QED) is 0.701. The Balaban J connectivity index is 2.96. The Morgan fingerprint density at radius 3 is 2.85 bits per heavy atom. The van der Waals surface area contributed by atoms with E-state index in [1.54, 1.807) is 6.07 Å². The largest absolute Gasteiger partial charge is 0.383 e. The van der Waals surface area contributed by atoms with Crippen molar-refractivity contribution in [2.24, 2.45) is 0 Å². The van der Waals surface area contributed by atoms with Gasteiger partial charge < -0.3 is 5.11 Å². The lowest BCUT2D eigenvalue weighted by molar-refractivity contribution is 0.220. The number of benzene rings is 1. The predicted molar refractivity (Wildman–Crippen MR) is 46.1 cm³/mol. The minimum absolute atomic E-state index is 0.00519. The van der Waals surface area contributed by atoms with Gasteiger partial charge in [-0.1, -0.05) is 18.7 Å². The van der Waals surface area contributed by atoms with Gasteiger partial charge in [-0.05, 0) is 17.7 Å². The van der Waals surface area contributed by atoms with Crippen molar-refractivity contribution in [3.05, 3.63) is 47.8 Å². The summed E-state index contributed by atoms with van der Waals surface area (Å²) < 4.78 is 12.7. The molecule has 0 saturated carbocycles. The van der Waals surface area contributed by atoms with Gasteiger partial charge in [-0.15, -0.1) is 0 Å². The third kappa shape index (κ3) is 2.14. The smallest absolute Gasteiger partial charge is 0.123 e. The van der Waals surface area contributed by atoms with Crippen LogP contribution in [0.1, 0.15) is 11.7 Å². The molecule has 0 radical (unpaired) electrons. The topological polar surface area (TPSA) is 44.0 Å². The van der Waals surface area contributed by atoms with Crippen LogP contribution >= 0.6 is 0 Å². The summed E-state index contributed by atoms with van der Waals surface area (Å²) in [5.74, 6) is -0.442. The van der Waals surface area contributed by atoms with E-state index < -0.39 is 11.9 Å². The molecule has 0 spiro atoms. The molecule has 0 aromatic heterocycles. The number of nitriles is 1. The van der Waals surface area contributed by atoms with Gasteiger partial charge in [0.25, 0.3) is 0 Å². The monoisotopic (exact) mass is 177 g/mol. The second kappa shape index (κ2) is 3.83. The van der Waals surface area contributed by atoms with Crippen molar-refractivity contribution in [1.82, 2.24) is 0 Å². The Morgan fingerprint density at radius 1 is 1.62 bits per heavy atom. The van der Waals surface area contributed by atoms with Crippen molar-refractivity contribution < 1.29 is 9.50 Å². The van der Waals surface area contributed by atoms with Crippen LogP contribution in [0.2, 0.25) is 0 Å². The average molecular weight is 177 g/mol. The van der Waals surface area contributed by atoms with Gasteiger partial charge in [0.2, 0.25) is 0 Å². The van der Waals surface area contributed by atoms with Crippen LogP contribution in [0.4, 0.5) is 4.39 Å². The number of hydrogen-bond acceptors (Lipinski definition) is 2. The highest BCUT2D eigenvalue weighted by Crippen LogP contribution is 2.19. The standard InChI is InChI=1S/C10H8FNO/c1-7(6-12)10(13)8-3-2-4-9(11)5-8/h2-5,10,13H,1H2. The van der Waals surface area contributed by atoms with E-state index in [-0.39, 0.29) is 5.57 Å². The molecule has 1 unspecified atom stereocenters. The summed E-state index contributed by atoms with van der Waals surface area (Å²) in [5, 5.41) is 17.9. The molecular weight excluding hydrogens is 169 g/mol. The second-order valence-electron chi connectivity index (χ2n) is 2.59. The molecule has 2 nitrogen and oxygen atoms in total. The number of rotatable bonds is 2. The van der Waals surface area contributed by atoms with Crippen molar-refractivity contribution in [1.29, 1.82) is 5.26 Å². The average Bonchev–Trinajstić information content (AvgIpc) is 2.15. The van der Waals surface area contributed by atoms with Crippen molar-refractivity contribution in [2.75, 3.05) is 0 Å². The molecule has 0 aliphatic rings. The summed E-state index contributed by atoms with van der Waals surface area (Å²) in [5.41, 5.74) is 0.345. The van der Waals surface area contributed by atoms with E-state index in [4.69, 9.17) is 5.26 Å². The first-order valence-electron chi connectivity index (χ1n) is 3.67. The third-order valence-corrected chi connectivity index (χ3v) is 1.64. The Morgan fingerprint density at radius 2 is 2.31 bits per heavy atom. The molecule has 0 heterocycles. The zero-order valence-electron chi connectivity index (χ0n) is 6.87. The minimum atomic E-state index is -1.11. The van der Waals surface area contributed by atoms with Crippen molar-refractivity contribution in [2.45, 2.75) is 6.10 Å². The van der Waals surface area contributed by atoms with Gasteiger partial charge in [0.05, 0.1) is 11.6 Å². The summed E-state index contributed by atoms with van der Waals surface area (Å²) in [6, 6.07) is 7.17. The molecule has 1 aromatic carbocycles. The molecule has 3 heteroatoms. The van der Waals surface area contributed by atoms with E-state index in [0.29, 0.717) is 5.56 Å². The van der Waals surface area contributed by atoms with Crippen LogP contribution in [0.25, 0.3) is 0 Å². The Kier molecular flexibility index (Phi) is 2.78. The maximum atomic E-state index is 12.7. The molecular formula is C10H8FNO. The van der Waals surface area contributed by atoms with Crippen LogP contribution in [-0.2, 0) is 0 Å². The van der Waals surface area contributed by atoms with Crippen LogP contribution in [0.3, 0.4) is 0 Å². The molecule has 1 aromatic rings. The van der Waals surface area contributed by atoms with E-state index in [2.05, 4.69) is 6.58 Å². The van der Waals surface area contributed by atoms with Crippen LogP contribution in [0, 0.1) is 17.1 Å². The van der Waals surface area contributed by atoms with Gasteiger partial charge in [-0.3, -0.25) is 0 Å². The minimum Gasteiger partial charge on any atom is -0.383 e. The van der Waals surface area contributed by atoms with E-state index in [0.717, 1.165) is 0 Å². The van der Waals surface area contributed by atoms with Gasteiger partial charge in [0, 0.05) is 0 Å². The molecule has 1 atom stereocenters. The first-order valence-corrected chi connectivity index (χ1v) is 3.67. The lowest BCUT2D eigenvalue weighted by Gasteiger charge is -2.07. The van der Waals surface area contributed by atoms with Gasteiger partial charge in [0.15, 0.2) is 0 Å². The number of halogens is 1. The first-order chi connectivity index (χ1) is 6.15. The normalized spacial score (nSPS) is 11.8. The van der Waals surface area contributed by atoms with Gasteiger partial charge in [-0.25, -0.2) is 4.39 Å². The highest BCUT2D eigenvalue weighted by atomic mass is 19.1. The Hall–Kier alpha value is -1.66. The number of aliphatic hydroxyl groups is 1. The Bertz CT molecular complexity index is 367. The van der Waals surface area contributed by atoms with Crippen LogP contribution in [-0.4, -0.2) is 5.11 Å². The van der Waals surface area contributed by atoms with E-state index in [1.807, 2.05) is 0 Å². The fourth-order valence-electron chi connectivity index (χ4n) is 0.939. The Labute approximate surface area is 75.6 Å². The molecule has 0 fully saturated rings. The summed E-state index contributed by atoms with van der Waals surface area (Å²) in [4.78, 5) is 0. The number of nitrogens with zero attached hydrogens (tertiary/aromatic N) is 1. The molecule has 1 rings (SSSR count). The van der Waals surface area contributed by atoms with Gasteiger partial charge in [0.1, 0.15) is 11.9 Å². The highest BCUT2D eigenvalue weighted by molar-refractivity contribution is 5.31. The molecule has 1 N–H and O–H groups in total. The summed E-state index contributed by atoms with van der Waals surface area (Å²) >= 11 is 0. The van der Waals surface area contributed by atoms with Crippen molar-refractivity contribution in [3.63, 3.8) is 0 Å². The highest BCUT2D eigenvalue weighted by Gasteiger charge is 2.10. The fraction of sp³-hybridized carbons (Fsp3) is 0.100. The van der Waals surface area contributed by atoms with Crippen molar-refractivity contribution in [3.8, 4) is 6.07 Å².